The van der Waals surface area contributed by atoms with Gasteiger partial charge in [-0.3, -0.25) is 9.36 Å². The Morgan fingerprint density at radius 1 is 1.07 bits per heavy atom. The van der Waals surface area contributed by atoms with Crippen molar-refractivity contribution in [2.75, 3.05) is 6.61 Å². The van der Waals surface area contributed by atoms with Gasteiger partial charge in [0.25, 0.3) is 5.56 Å². The fourth-order valence-electron chi connectivity index (χ4n) is 5.24. The summed E-state index contributed by atoms with van der Waals surface area (Å²) in [6.07, 6.45) is 3.99. The third kappa shape index (κ3) is 4.72. The van der Waals surface area contributed by atoms with E-state index in [-0.39, 0.29) is 12.2 Å². The topological polar surface area (TPSA) is 65.6 Å². The number of fused-ring (bicyclic) bond motifs is 2. The highest BCUT2D eigenvalue weighted by atomic mass is 35.5. The number of carbonyl (C=O) groups excluding carboxylic acids is 1. The molecule has 5 aromatic rings. The summed E-state index contributed by atoms with van der Waals surface area (Å²) < 4.78 is 9.71. The van der Waals surface area contributed by atoms with Crippen molar-refractivity contribution in [3.63, 3.8) is 0 Å². The highest BCUT2D eigenvalue weighted by molar-refractivity contribution is 7.07. The standard InChI is InChI=1S/C32H26ClN3O3S/c1-3-39-31(38)28-20(2)34-32-36(29(28)22-11-5-4-6-12-22)30(37)27(40-32)17-23-19-35(26-15-8-7-14-25(23)26)18-21-10-9-13-24(33)16-21/h4-17,19,29H,3,18H2,1-2H3/b27-17-/t29-/m1/s1. The summed E-state index contributed by atoms with van der Waals surface area (Å²) in [6, 6.07) is 24.9. The lowest BCUT2D eigenvalue weighted by molar-refractivity contribution is -0.139. The summed E-state index contributed by atoms with van der Waals surface area (Å²) in [5.74, 6) is -0.462. The number of hydrogen-bond acceptors (Lipinski definition) is 5. The van der Waals surface area contributed by atoms with Crippen LogP contribution in [0.3, 0.4) is 0 Å². The lowest BCUT2D eigenvalue weighted by atomic mass is 9.96. The highest BCUT2D eigenvalue weighted by Gasteiger charge is 2.33. The maximum absolute atomic E-state index is 14.0. The number of ether oxygens (including phenoxy) is 1. The maximum atomic E-state index is 14.0. The molecule has 40 heavy (non-hydrogen) atoms. The predicted molar refractivity (Wildman–Crippen MR) is 159 cm³/mol. The molecule has 0 aliphatic carbocycles. The molecule has 0 amide bonds. The number of carbonyl (C=O) groups is 1. The Kier molecular flexibility index (Phi) is 7.00. The molecule has 0 saturated carbocycles. The molecule has 0 unspecified atom stereocenters. The van der Waals surface area contributed by atoms with Crippen molar-refractivity contribution in [2.24, 2.45) is 4.99 Å². The smallest absolute Gasteiger partial charge is 0.338 e. The summed E-state index contributed by atoms with van der Waals surface area (Å²) in [7, 11) is 0. The van der Waals surface area contributed by atoms with E-state index in [1.54, 1.807) is 18.4 Å². The minimum atomic E-state index is -0.622. The Morgan fingerprint density at radius 3 is 2.62 bits per heavy atom. The van der Waals surface area contributed by atoms with Crippen molar-refractivity contribution in [1.29, 1.82) is 0 Å². The molecule has 0 bridgehead atoms. The summed E-state index contributed by atoms with van der Waals surface area (Å²) in [5.41, 5.74) is 4.64. The van der Waals surface area contributed by atoms with Gasteiger partial charge in [0.2, 0.25) is 0 Å². The second kappa shape index (κ2) is 10.8. The normalized spacial score (nSPS) is 15.3. The number of hydrogen-bond donors (Lipinski definition) is 0. The van der Waals surface area contributed by atoms with Gasteiger partial charge in [-0.2, -0.15) is 0 Å². The van der Waals surface area contributed by atoms with E-state index >= 15 is 0 Å². The Labute approximate surface area is 239 Å². The van der Waals surface area contributed by atoms with Gasteiger partial charge in [0, 0.05) is 34.2 Å². The molecule has 0 spiro atoms. The Morgan fingerprint density at radius 2 is 1.85 bits per heavy atom. The van der Waals surface area contributed by atoms with Crippen LogP contribution in [-0.4, -0.2) is 21.7 Å². The van der Waals surface area contributed by atoms with Gasteiger partial charge in [0.1, 0.15) is 0 Å². The first-order chi connectivity index (χ1) is 19.4. The molecule has 0 saturated heterocycles. The van der Waals surface area contributed by atoms with Crippen molar-refractivity contribution in [2.45, 2.75) is 26.4 Å². The number of allylic oxidation sites excluding steroid dienone is 1. The second-order valence-corrected chi connectivity index (χ2v) is 11.0. The number of esters is 1. The molecule has 8 heteroatoms. The average molecular weight is 568 g/mol. The molecule has 0 radical (unpaired) electrons. The van der Waals surface area contributed by atoms with Gasteiger partial charge < -0.3 is 9.30 Å². The molecular formula is C32H26ClN3O3S. The van der Waals surface area contributed by atoms with Gasteiger partial charge in [-0.25, -0.2) is 9.79 Å². The number of aromatic nitrogens is 2. The maximum Gasteiger partial charge on any atom is 0.338 e. The van der Waals surface area contributed by atoms with Crippen LogP contribution in [0.15, 0.2) is 106 Å². The van der Waals surface area contributed by atoms with Crippen LogP contribution in [0.2, 0.25) is 5.02 Å². The molecule has 6 rings (SSSR count). The van der Waals surface area contributed by atoms with Crippen LogP contribution in [0.25, 0.3) is 17.0 Å². The molecule has 3 heterocycles. The van der Waals surface area contributed by atoms with E-state index in [0.29, 0.717) is 32.2 Å². The van der Waals surface area contributed by atoms with Crippen molar-refractivity contribution >= 4 is 45.9 Å². The third-order valence-corrected chi connectivity index (χ3v) is 8.20. The summed E-state index contributed by atoms with van der Waals surface area (Å²) in [6.45, 7) is 4.44. The third-order valence-electron chi connectivity index (χ3n) is 6.98. The van der Waals surface area contributed by atoms with Crippen molar-refractivity contribution in [3.8, 4) is 0 Å². The van der Waals surface area contributed by atoms with Gasteiger partial charge >= 0.3 is 5.97 Å². The van der Waals surface area contributed by atoms with Crippen LogP contribution in [0.4, 0.5) is 0 Å². The van der Waals surface area contributed by atoms with Crippen LogP contribution in [0.1, 0.15) is 36.6 Å². The molecule has 1 atom stereocenters. The van der Waals surface area contributed by atoms with Crippen molar-refractivity contribution in [3.05, 3.63) is 138 Å². The van der Waals surface area contributed by atoms with Crippen molar-refractivity contribution < 1.29 is 9.53 Å². The minimum absolute atomic E-state index is 0.196. The number of benzene rings is 3. The van der Waals surface area contributed by atoms with Crippen LogP contribution in [-0.2, 0) is 16.1 Å². The zero-order chi connectivity index (χ0) is 27.8. The fraction of sp³-hybridized carbons (Fsp3) is 0.156. The number of para-hydroxylation sites is 1. The molecule has 2 aromatic heterocycles. The second-order valence-electron chi connectivity index (χ2n) is 9.57. The van der Waals surface area contributed by atoms with E-state index < -0.39 is 12.0 Å². The Hall–Kier alpha value is -4.20. The Bertz CT molecular complexity index is 1970. The lowest BCUT2D eigenvalue weighted by Gasteiger charge is -2.24. The molecule has 3 aromatic carbocycles. The Balaban J connectivity index is 1.51. The monoisotopic (exact) mass is 567 g/mol. The average Bonchev–Trinajstić information content (AvgIpc) is 3.45. The lowest BCUT2D eigenvalue weighted by Crippen LogP contribution is -2.39. The van der Waals surface area contributed by atoms with Crippen LogP contribution in [0, 0.1) is 0 Å². The van der Waals surface area contributed by atoms with Crippen LogP contribution in [0.5, 0.6) is 0 Å². The number of halogens is 1. The quantitative estimate of drug-likeness (QED) is 0.256. The minimum Gasteiger partial charge on any atom is -0.463 e. The largest absolute Gasteiger partial charge is 0.463 e. The first-order valence-corrected chi connectivity index (χ1v) is 14.2. The predicted octanol–water partition coefficient (Wildman–Crippen LogP) is 5.45. The summed E-state index contributed by atoms with van der Waals surface area (Å²) in [5, 5.41) is 1.74. The fourth-order valence-corrected chi connectivity index (χ4v) is 6.49. The van der Waals surface area contributed by atoms with E-state index in [2.05, 4.69) is 27.9 Å². The number of rotatable bonds is 6. The van der Waals surface area contributed by atoms with E-state index in [9.17, 15) is 9.59 Å². The first kappa shape index (κ1) is 26.0. The van der Waals surface area contributed by atoms with Gasteiger partial charge in [-0.15, -0.1) is 0 Å². The first-order valence-electron chi connectivity index (χ1n) is 13.0. The van der Waals surface area contributed by atoms with Gasteiger partial charge in [-0.05, 0) is 49.2 Å². The molecule has 200 valence electrons. The van der Waals surface area contributed by atoms with Gasteiger partial charge in [0.15, 0.2) is 4.80 Å². The van der Waals surface area contributed by atoms with Crippen LogP contribution < -0.4 is 14.9 Å². The molecule has 6 nitrogen and oxygen atoms in total. The number of thiazole rings is 1. The van der Waals surface area contributed by atoms with E-state index in [0.717, 1.165) is 27.6 Å². The number of nitrogens with zero attached hydrogens (tertiary/aromatic N) is 3. The SMILES string of the molecule is CCOC(=O)C1=C(C)N=c2s/c(=C\c3cn(Cc4cccc(Cl)c4)c4ccccc34)c(=O)n2[C@@H]1c1ccccc1. The molecule has 1 aliphatic heterocycles. The van der Waals surface area contributed by atoms with Crippen molar-refractivity contribution in [1.82, 2.24) is 9.13 Å². The van der Waals surface area contributed by atoms with Gasteiger partial charge in [-0.1, -0.05) is 83.6 Å². The van der Waals surface area contributed by atoms with E-state index in [4.69, 9.17) is 16.3 Å². The highest BCUT2D eigenvalue weighted by Crippen LogP contribution is 2.30. The van der Waals surface area contributed by atoms with Crippen LogP contribution >= 0.6 is 22.9 Å². The van der Waals surface area contributed by atoms with E-state index in [1.807, 2.05) is 72.8 Å². The molecule has 0 fully saturated rings. The van der Waals surface area contributed by atoms with Gasteiger partial charge in [0.05, 0.1) is 28.5 Å². The molecule has 0 N–H and O–H groups in total. The summed E-state index contributed by atoms with van der Waals surface area (Å²) in [4.78, 5) is 32.3. The molecule has 1 aliphatic rings. The van der Waals surface area contributed by atoms with E-state index in [1.165, 1.54) is 11.3 Å². The molecular weight excluding hydrogens is 542 g/mol. The summed E-state index contributed by atoms with van der Waals surface area (Å²) >= 11 is 7.56. The zero-order valence-electron chi connectivity index (χ0n) is 22.0. The zero-order valence-corrected chi connectivity index (χ0v) is 23.6.